The van der Waals surface area contributed by atoms with Crippen molar-refractivity contribution in [1.29, 1.82) is 0 Å². The van der Waals surface area contributed by atoms with Gasteiger partial charge in [-0.05, 0) is 24.6 Å². The molecule has 0 radical (unpaired) electrons. The Kier molecular flexibility index (Phi) is 4.90. The van der Waals surface area contributed by atoms with Crippen molar-refractivity contribution in [1.82, 2.24) is 4.98 Å². The van der Waals surface area contributed by atoms with E-state index in [-0.39, 0.29) is 5.78 Å². The van der Waals surface area contributed by atoms with E-state index >= 15 is 0 Å². The quantitative estimate of drug-likeness (QED) is 0.807. The van der Waals surface area contributed by atoms with Crippen molar-refractivity contribution in [3.05, 3.63) is 45.9 Å². The van der Waals surface area contributed by atoms with Crippen molar-refractivity contribution in [3.8, 4) is 5.75 Å². The first-order chi connectivity index (χ1) is 9.54. The third-order valence-electron chi connectivity index (χ3n) is 2.83. The molecule has 0 bridgehead atoms. The number of hydrogen-bond donors (Lipinski definition) is 0. The van der Waals surface area contributed by atoms with E-state index in [4.69, 9.17) is 4.74 Å². The smallest absolute Gasteiger partial charge is 0.134 e. The molecule has 0 saturated heterocycles. The van der Waals surface area contributed by atoms with E-state index in [0.717, 1.165) is 22.0 Å². The van der Waals surface area contributed by atoms with Gasteiger partial charge < -0.3 is 4.74 Å². The maximum Gasteiger partial charge on any atom is 0.134 e. The lowest BCUT2D eigenvalue weighted by molar-refractivity contribution is -0.116. The SMILES string of the molecule is CC(=O)Cc1ccc(OCc2csc(C(C)C)n2)cc1. The Bertz CT molecular complexity index is 572. The van der Waals surface area contributed by atoms with Crippen molar-refractivity contribution in [2.24, 2.45) is 0 Å². The summed E-state index contributed by atoms with van der Waals surface area (Å²) in [5.41, 5.74) is 1.98. The number of benzene rings is 1. The first kappa shape index (κ1) is 14.7. The van der Waals surface area contributed by atoms with Crippen LogP contribution in [0.4, 0.5) is 0 Å². The number of rotatable bonds is 6. The number of thiazole rings is 1. The molecular formula is C16H19NO2S. The van der Waals surface area contributed by atoms with E-state index in [9.17, 15) is 4.79 Å². The average molecular weight is 289 g/mol. The Hall–Kier alpha value is -1.68. The molecule has 1 aromatic heterocycles. The molecule has 1 heterocycles. The zero-order valence-electron chi connectivity index (χ0n) is 12.1. The molecule has 0 saturated carbocycles. The summed E-state index contributed by atoms with van der Waals surface area (Å²) >= 11 is 1.67. The largest absolute Gasteiger partial charge is 0.487 e. The predicted octanol–water partition coefficient (Wildman–Crippen LogP) is 3.98. The van der Waals surface area contributed by atoms with Crippen LogP contribution in [0.2, 0.25) is 0 Å². The highest BCUT2D eigenvalue weighted by atomic mass is 32.1. The first-order valence-corrected chi connectivity index (χ1v) is 7.58. The summed E-state index contributed by atoms with van der Waals surface area (Å²) in [6.07, 6.45) is 0.476. The standard InChI is InChI=1S/C16H19NO2S/c1-11(2)16-17-14(10-20-16)9-19-15-6-4-13(5-7-15)8-12(3)18/h4-7,10-11H,8-9H2,1-3H3. The van der Waals surface area contributed by atoms with Gasteiger partial charge in [0.1, 0.15) is 18.1 Å². The Morgan fingerprint density at radius 2 is 2.00 bits per heavy atom. The highest BCUT2D eigenvalue weighted by molar-refractivity contribution is 7.09. The van der Waals surface area contributed by atoms with Gasteiger partial charge in [-0.25, -0.2) is 4.98 Å². The Morgan fingerprint density at radius 1 is 1.30 bits per heavy atom. The molecule has 0 atom stereocenters. The zero-order valence-corrected chi connectivity index (χ0v) is 12.9. The van der Waals surface area contributed by atoms with Crippen molar-refractivity contribution < 1.29 is 9.53 Å². The van der Waals surface area contributed by atoms with Crippen molar-refractivity contribution >= 4 is 17.1 Å². The third-order valence-corrected chi connectivity index (χ3v) is 4.02. The fraction of sp³-hybridized carbons (Fsp3) is 0.375. The van der Waals surface area contributed by atoms with Crippen LogP contribution in [-0.4, -0.2) is 10.8 Å². The van der Waals surface area contributed by atoms with Gasteiger partial charge >= 0.3 is 0 Å². The van der Waals surface area contributed by atoms with Crippen molar-refractivity contribution in [3.63, 3.8) is 0 Å². The highest BCUT2D eigenvalue weighted by Gasteiger charge is 2.06. The van der Waals surface area contributed by atoms with Gasteiger partial charge in [0.2, 0.25) is 0 Å². The van der Waals surface area contributed by atoms with Crippen molar-refractivity contribution in [2.45, 2.75) is 39.7 Å². The summed E-state index contributed by atoms with van der Waals surface area (Å²) in [4.78, 5) is 15.6. The lowest BCUT2D eigenvalue weighted by Crippen LogP contribution is -1.98. The molecule has 0 N–H and O–H groups in total. The molecule has 0 aliphatic heterocycles. The minimum atomic E-state index is 0.169. The fourth-order valence-corrected chi connectivity index (χ4v) is 2.62. The van der Waals surface area contributed by atoms with Crippen LogP contribution in [0.3, 0.4) is 0 Å². The Morgan fingerprint density at radius 3 is 2.55 bits per heavy atom. The number of carbonyl (C=O) groups is 1. The van der Waals surface area contributed by atoms with Crippen LogP contribution in [0.25, 0.3) is 0 Å². The normalized spacial score (nSPS) is 10.8. The van der Waals surface area contributed by atoms with Crippen molar-refractivity contribution in [2.75, 3.05) is 0 Å². The van der Waals surface area contributed by atoms with Gasteiger partial charge in [-0.3, -0.25) is 4.79 Å². The van der Waals surface area contributed by atoms with E-state index < -0.39 is 0 Å². The summed E-state index contributed by atoms with van der Waals surface area (Å²) in [7, 11) is 0. The van der Waals surface area contributed by atoms with E-state index in [2.05, 4.69) is 18.8 Å². The summed E-state index contributed by atoms with van der Waals surface area (Å²) in [5, 5.41) is 3.18. The molecule has 20 heavy (non-hydrogen) atoms. The molecule has 0 aliphatic rings. The lowest BCUT2D eigenvalue weighted by Gasteiger charge is -2.05. The minimum Gasteiger partial charge on any atom is -0.487 e. The number of Topliss-reactive ketones (excluding diaryl/α,β-unsaturated/α-hetero) is 1. The summed E-state index contributed by atoms with van der Waals surface area (Å²) in [5.74, 6) is 1.43. The molecule has 0 unspecified atom stereocenters. The monoisotopic (exact) mass is 289 g/mol. The van der Waals surface area contributed by atoms with Crippen LogP contribution in [-0.2, 0) is 17.8 Å². The van der Waals surface area contributed by atoms with Gasteiger partial charge in [0.15, 0.2) is 0 Å². The molecule has 0 fully saturated rings. The second-order valence-electron chi connectivity index (χ2n) is 5.14. The van der Waals surface area contributed by atoms with Crippen LogP contribution in [0.5, 0.6) is 5.75 Å². The van der Waals surface area contributed by atoms with Gasteiger partial charge in [-0.15, -0.1) is 11.3 Å². The molecule has 2 rings (SSSR count). The van der Waals surface area contributed by atoms with Gasteiger partial charge in [0.25, 0.3) is 0 Å². The maximum absolute atomic E-state index is 11.0. The number of ketones is 1. The molecule has 0 aliphatic carbocycles. The molecule has 3 nitrogen and oxygen atoms in total. The minimum absolute atomic E-state index is 0.169. The number of ether oxygens (including phenoxy) is 1. The molecule has 4 heteroatoms. The Labute approximate surface area is 123 Å². The summed E-state index contributed by atoms with van der Waals surface area (Å²) < 4.78 is 5.70. The fourth-order valence-electron chi connectivity index (χ4n) is 1.80. The van der Waals surface area contributed by atoms with Gasteiger partial charge in [-0.2, -0.15) is 0 Å². The third kappa shape index (κ3) is 4.17. The zero-order chi connectivity index (χ0) is 14.5. The highest BCUT2D eigenvalue weighted by Crippen LogP contribution is 2.20. The summed E-state index contributed by atoms with van der Waals surface area (Å²) in [6, 6.07) is 7.65. The summed E-state index contributed by atoms with van der Waals surface area (Å²) in [6.45, 7) is 6.35. The van der Waals surface area contributed by atoms with E-state index in [1.165, 1.54) is 0 Å². The first-order valence-electron chi connectivity index (χ1n) is 6.70. The van der Waals surface area contributed by atoms with Crippen LogP contribution in [0, 0.1) is 0 Å². The van der Waals surface area contributed by atoms with Crippen LogP contribution >= 0.6 is 11.3 Å². The Balaban J connectivity index is 1.91. The van der Waals surface area contributed by atoms with E-state index in [1.807, 2.05) is 29.6 Å². The topological polar surface area (TPSA) is 39.2 Å². The van der Waals surface area contributed by atoms with E-state index in [0.29, 0.717) is 18.9 Å². The maximum atomic E-state index is 11.0. The number of nitrogens with zero attached hydrogens (tertiary/aromatic N) is 1. The van der Waals surface area contributed by atoms with Crippen LogP contribution in [0.1, 0.15) is 43.0 Å². The molecule has 2 aromatic rings. The van der Waals surface area contributed by atoms with Gasteiger partial charge in [-0.1, -0.05) is 26.0 Å². The van der Waals surface area contributed by atoms with Crippen LogP contribution < -0.4 is 4.74 Å². The van der Waals surface area contributed by atoms with Crippen LogP contribution in [0.15, 0.2) is 29.6 Å². The number of carbonyl (C=O) groups excluding carboxylic acids is 1. The van der Waals surface area contributed by atoms with Gasteiger partial charge in [0, 0.05) is 17.7 Å². The molecule has 0 spiro atoms. The second kappa shape index (κ2) is 6.66. The predicted molar refractivity (Wildman–Crippen MR) is 81.4 cm³/mol. The van der Waals surface area contributed by atoms with Gasteiger partial charge in [0.05, 0.1) is 10.7 Å². The number of hydrogen-bond acceptors (Lipinski definition) is 4. The number of aromatic nitrogens is 1. The lowest BCUT2D eigenvalue weighted by atomic mass is 10.1. The molecule has 0 amide bonds. The molecule has 106 valence electrons. The van der Waals surface area contributed by atoms with E-state index in [1.54, 1.807) is 18.3 Å². The molecule has 1 aromatic carbocycles. The second-order valence-corrected chi connectivity index (χ2v) is 6.03. The average Bonchev–Trinajstić information content (AvgIpc) is 2.86. The molecular weight excluding hydrogens is 270 g/mol.